The molecule has 2 rings (SSSR count). The number of amides is 1. The topological polar surface area (TPSA) is 76.1 Å². The Balaban J connectivity index is 1.97. The van der Waals surface area contributed by atoms with Gasteiger partial charge in [0.1, 0.15) is 10.9 Å². The maximum atomic E-state index is 12.4. The van der Waals surface area contributed by atoms with Crippen LogP contribution in [0.2, 0.25) is 0 Å². The van der Waals surface area contributed by atoms with E-state index in [1.54, 1.807) is 19.3 Å². The van der Waals surface area contributed by atoms with Gasteiger partial charge in [0.25, 0.3) is 5.91 Å². The molecule has 0 saturated carbocycles. The number of rotatable bonds is 12. The fourth-order valence-electron chi connectivity index (χ4n) is 2.88. The van der Waals surface area contributed by atoms with Crippen molar-refractivity contribution in [3.63, 3.8) is 0 Å². The number of unbranched alkanes of at least 4 members (excludes halogenated alkanes) is 5. The molecule has 1 saturated heterocycles. The van der Waals surface area contributed by atoms with Crippen molar-refractivity contribution in [3.8, 4) is 11.5 Å². The average molecular weight is 438 g/mol. The maximum absolute atomic E-state index is 12.4. The summed E-state index contributed by atoms with van der Waals surface area (Å²) in [6.07, 6.45) is 8.86. The van der Waals surface area contributed by atoms with Crippen LogP contribution >= 0.6 is 24.0 Å². The number of methoxy groups -OCH3 is 1. The Bertz CT molecular complexity index is 778. The lowest BCUT2D eigenvalue weighted by molar-refractivity contribution is -0.140. The molecule has 1 heterocycles. The summed E-state index contributed by atoms with van der Waals surface area (Å²) in [4.78, 5) is 24.7. The van der Waals surface area contributed by atoms with Crippen molar-refractivity contribution in [1.82, 2.24) is 4.90 Å². The molecule has 1 aromatic rings. The molecule has 0 bridgehead atoms. The van der Waals surface area contributed by atoms with E-state index in [1.165, 1.54) is 25.7 Å². The molecule has 0 aliphatic carbocycles. The molecule has 29 heavy (non-hydrogen) atoms. The average Bonchev–Trinajstić information content (AvgIpc) is 2.95. The van der Waals surface area contributed by atoms with Gasteiger partial charge in [0, 0.05) is 0 Å². The molecule has 1 aromatic carbocycles. The lowest BCUT2D eigenvalue weighted by atomic mass is 10.1. The van der Waals surface area contributed by atoms with Crippen molar-refractivity contribution in [2.45, 2.75) is 45.4 Å². The van der Waals surface area contributed by atoms with Gasteiger partial charge in [-0.25, -0.2) is 0 Å². The molecular formula is C21H27NO5S2. The smallest absolute Gasteiger partial charge is 0.323 e. The lowest BCUT2D eigenvalue weighted by Crippen LogP contribution is -2.33. The predicted octanol–water partition coefficient (Wildman–Crippen LogP) is 4.72. The molecule has 1 amide bonds. The first-order valence-electron chi connectivity index (χ1n) is 9.74. The van der Waals surface area contributed by atoms with Crippen LogP contribution in [-0.2, 0) is 9.59 Å². The number of nitrogens with zero attached hydrogens (tertiary/aromatic N) is 1. The minimum Gasteiger partial charge on any atom is -0.493 e. The zero-order valence-corrected chi connectivity index (χ0v) is 18.4. The summed E-state index contributed by atoms with van der Waals surface area (Å²) in [5.74, 6) is -0.247. The second-order valence-corrected chi connectivity index (χ2v) is 8.36. The first-order chi connectivity index (χ1) is 14.0. The molecule has 0 aromatic heterocycles. The third-order valence-corrected chi connectivity index (χ3v) is 5.79. The minimum atomic E-state index is -1.10. The van der Waals surface area contributed by atoms with E-state index < -0.39 is 18.4 Å². The zero-order chi connectivity index (χ0) is 21.2. The highest BCUT2D eigenvalue weighted by Gasteiger charge is 2.33. The van der Waals surface area contributed by atoms with Gasteiger partial charge in [0.15, 0.2) is 11.5 Å². The standard InChI is InChI=1S/C21H27NO5S2/c1-3-4-5-6-7-8-11-27-16-10-9-15(12-17(16)26-2)13-18-20(25)22(14-19(23)24)21(28)29-18/h9-10,12-13H,3-8,11,14H2,1-2H3,(H,23,24)/b18-13+. The summed E-state index contributed by atoms with van der Waals surface area (Å²) in [5.41, 5.74) is 0.754. The summed E-state index contributed by atoms with van der Waals surface area (Å²) in [6.45, 7) is 2.41. The van der Waals surface area contributed by atoms with Crippen LogP contribution in [0.5, 0.6) is 11.5 Å². The fraction of sp³-hybridized carbons (Fsp3) is 0.476. The number of carboxylic acid groups (broad SMARTS) is 1. The van der Waals surface area contributed by atoms with Crippen LogP contribution in [0.15, 0.2) is 23.1 Å². The Morgan fingerprint density at radius 3 is 2.62 bits per heavy atom. The molecule has 6 nitrogen and oxygen atoms in total. The van der Waals surface area contributed by atoms with Crippen molar-refractivity contribution < 1.29 is 24.2 Å². The summed E-state index contributed by atoms with van der Waals surface area (Å²) in [5, 5.41) is 8.91. The summed E-state index contributed by atoms with van der Waals surface area (Å²) < 4.78 is 11.5. The van der Waals surface area contributed by atoms with Crippen LogP contribution in [0.25, 0.3) is 6.08 Å². The van der Waals surface area contributed by atoms with E-state index in [2.05, 4.69) is 6.92 Å². The zero-order valence-electron chi connectivity index (χ0n) is 16.8. The summed E-state index contributed by atoms with van der Waals surface area (Å²) in [7, 11) is 1.57. The molecule has 158 valence electrons. The highest BCUT2D eigenvalue weighted by Crippen LogP contribution is 2.34. The Morgan fingerprint density at radius 1 is 1.21 bits per heavy atom. The van der Waals surface area contributed by atoms with Gasteiger partial charge in [-0.1, -0.05) is 69.1 Å². The number of hydrogen-bond donors (Lipinski definition) is 1. The minimum absolute atomic E-state index is 0.245. The number of hydrogen-bond acceptors (Lipinski definition) is 6. The fourth-order valence-corrected chi connectivity index (χ4v) is 4.14. The first-order valence-corrected chi connectivity index (χ1v) is 11.0. The van der Waals surface area contributed by atoms with Crippen LogP contribution in [0.1, 0.15) is 51.0 Å². The van der Waals surface area contributed by atoms with Gasteiger partial charge in [-0.3, -0.25) is 14.5 Å². The number of carbonyl (C=O) groups excluding carboxylic acids is 1. The second-order valence-electron chi connectivity index (χ2n) is 6.69. The van der Waals surface area contributed by atoms with E-state index in [4.69, 9.17) is 26.8 Å². The van der Waals surface area contributed by atoms with E-state index in [1.807, 2.05) is 12.1 Å². The summed E-state index contributed by atoms with van der Waals surface area (Å²) >= 11 is 6.21. The summed E-state index contributed by atoms with van der Waals surface area (Å²) in [6, 6.07) is 5.45. The number of carbonyl (C=O) groups is 2. The quantitative estimate of drug-likeness (QED) is 0.288. The van der Waals surface area contributed by atoms with E-state index in [0.29, 0.717) is 23.0 Å². The molecule has 1 N–H and O–H groups in total. The molecule has 1 fully saturated rings. The number of aliphatic carboxylic acids is 1. The lowest BCUT2D eigenvalue weighted by Gasteiger charge is -2.12. The molecule has 1 aliphatic rings. The van der Waals surface area contributed by atoms with Gasteiger partial charge in [-0.2, -0.15) is 0 Å². The first kappa shape index (κ1) is 23.2. The van der Waals surface area contributed by atoms with Crippen LogP contribution < -0.4 is 9.47 Å². The van der Waals surface area contributed by atoms with E-state index in [-0.39, 0.29) is 4.32 Å². The molecular weight excluding hydrogens is 410 g/mol. The highest BCUT2D eigenvalue weighted by atomic mass is 32.2. The predicted molar refractivity (Wildman–Crippen MR) is 119 cm³/mol. The van der Waals surface area contributed by atoms with Crippen molar-refractivity contribution in [3.05, 3.63) is 28.7 Å². The Hall–Kier alpha value is -2.06. The monoisotopic (exact) mass is 437 g/mol. The normalized spacial score (nSPS) is 15.2. The van der Waals surface area contributed by atoms with Crippen molar-refractivity contribution >= 4 is 46.3 Å². The van der Waals surface area contributed by atoms with E-state index in [9.17, 15) is 9.59 Å². The van der Waals surface area contributed by atoms with Crippen LogP contribution in [0.3, 0.4) is 0 Å². The number of thiocarbonyl (C=S) groups is 1. The van der Waals surface area contributed by atoms with Gasteiger partial charge in [0.05, 0.1) is 18.6 Å². The van der Waals surface area contributed by atoms with Crippen LogP contribution in [0, 0.1) is 0 Å². The molecule has 0 radical (unpaired) electrons. The van der Waals surface area contributed by atoms with E-state index in [0.717, 1.165) is 35.1 Å². The van der Waals surface area contributed by atoms with E-state index >= 15 is 0 Å². The Morgan fingerprint density at radius 2 is 1.93 bits per heavy atom. The molecule has 1 aliphatic heterocycles. The number of carboxylic acids is 1. The largest absolute Gasteiger partial charge is 0.493 e. The van der Waals surface area contributed by atoms with Crippen LogP contribution in [0.4, 0.5) is 0 Å². The third kappa shape index (κ3) is 7.04. The molecule has 0 atom stereocenters. The van der Waals surface area contributed by atoms with Crippen molar-refractivity contribution in [2.75, 3.05) is 20.3 Å². The Labute approximate surface area is 181 Å². The van der Waals surface area contributed by atoms with Crippen molar-refractivity contribution in [2.24, 2.45) is 0 Å². The SMILES string of the molecule is CCCCCCCCOc1ccc(/C=C2/SC(=S)N(CC(=O)O)C2=O)cc1OC. The van der Waals surface area contributed by atoms with Gasteiger partial charge in [-0.05, 0) is 30.2 Å². The maximum Gasteiger partial charge on any atom is 0.323 e. The molecule has 0 spiro atoms. The number of thioether (sulfide) groups is 1. The second kappa shape index (κ2) is 11.8. The molecule has 0 unspecified atom stereocenters. The van der Waals surface area contributed by atoms with Crippen LogP contribution in [-0.4, -0.2) is 46.5 Å². The Kier molecular flexibility index (Phi) is 9.47. The van der Waals surface area contributed by atoms with Gasteiger partial charge in [-0.15, -0.1) is 0 Å². The van der Waals surface area contributed by atoms with Gasteiger partial charge >= 0.3 is 5.97 Å². The third-order valence-electron chi connectivity index (χ3n) is 4.41. The highest BCUT2D eigenvalue weighted by molar-refractivity contribution is 8.26. The number of benzene rings is 1. The number of ether oxygens (including phenoxy) is 2. The van der Waals surface area contributed by atoms with Gasteiger partial charge < -0.3 is 14.6 Å². The van der Waals surface area contributed by atoms with Crippen molar-refractivity contribution in [1.29, 1.82) is 0 Å². The molecule has 8 heteroatoms. The van der Waals surface area contributed by atoms with Gasteiger partial charge in [0.2, 0.25) is 0 Å².